The van der Waals surface area contributed by atoms with Gasteiger partial charge in [-0.3, -0.25) is 4.79 Å². The number of hydrogen-bond donors (Lipinski definition) is 1. The van der Waals surface area contributed by atoms with Crippen molar-refractivity contribution in [3.05, 3.63) is 123 Å². The van der Waals surface area contributed by atoms with Crippen LogP contribution in [-0.4, -0.2) is 32.3 Å². The smallest absolute Gasteiger partial charge is 0.221 e. The third kappa shape index (κ3) is 5.02. The predicted octanol–water partition coefficient (Wildman–Crippen LogP) is 7.71. The van der Waals surface area contributed by atoms with Crippen molar-refractivity contribution < 1.29 is 14.5 Å². The predicted molar refractivity (Wildman–Crippen MR) is 169 cm³/mol. The normalized spacial score (nSPS) is 20.0. The first kappa shape index (κ1) is 26.9. The van der Waals surface area contributed by atoms with Gasteiger partial charge in [-0.2, -0.15) is 4.58 Å². The van der Waals surface area contributed by atoms with Gasteiger partial charge in [-0.25, -0.2) is 0 Å². The maximum Gasteiger partial charge on any atom is 0.221 e. The van der Waals surface area contributed by atoms with Crippen molar-refractivity contribution in [2.45, 2.75) is 83.6 Å². The Bertz CT molecular complexity index is 1630. The van der Waals surface area contributed by atoms with E-state index in [0.717, 1.165) is 75.8 Å². The Kier molecular flexibility index (Phi) is 7.54. The lowest BCUT2D eigenvalue weighted by Crippen LogP contribution is -2.29. The number of Topliss-reactive ketones (excluding diaryl/α,β-unsaturated/α-hetero) is 1. The molecule has 0 atom stereocenters. The molecule has 4 nitrogen and oxygen atoms in total. The van der Waals surface area contributed by atoms with Gasteiger partial charge in [-0.15, -0.1) is 0 Å². The van der Waals surface area contributed by atoms with Gasteiger partial charge in [0.15, 0.2) is 5.71 Å². The van der Waals surface area contributed by atoms with E-state index in [9.17, 15) is 9.90 Å². The topological polar surface area (TPSA) is 45.2 Å². The van der Waals surface area contributed by atoms with Crippen LogP contribution in [0.2, 0.25) is 0 Å². The number of aliphatic hydroxyl groups excluding tert-OH is 1. The molecule has 42 heavy (non-hydrogen) atoms. The quantitative estimate of drug-likeness (QED) is 0.216. The van der Waals surface area contributed by atoms with Crippen LogP contribution in [-0.2, 0) is 37.0 Å². The van der Waals surface area contributed by atoms with Gasteiger partial charge in [0.05, 0.1) is 11.3 Å². The van der Waals surface area contributed by atoms with Crippen molar-refractivity contribution in [1.82, 2.24) is 4.57 Å². The maximum absolute atomic E-state index is 14.0. The van der Waals surface area contributed by atoms with Gasteiger partial charge in [0.2, 0.25) is 11.5 Å². The molecule has 3 aromatic rings. The third-order valence-electron chi connectivity index (χ3n) is 9.64. The van der Waals surface area contributed by atoms with Gasteiger partial charge in [0, 0.05) is 36.7 Å². The Morgan fingerprint density at radius 1 is 0.762 bits per heavy atom. The molecule has 4 heteroatoms. The fourth-order valence-corrected chi connectivity index (χ4v) is 7.50. The van der Waals surface area contributed by atoms with Crippen LogP contribution in [0.5, 0.6) is 0 Å². The van der Waals surface area contributed by atoms with E-state index < -0.39 is 0 Å². The number of aliphatic hydroxyl groups is 1. The van der Waals surface area contributed by atoms with E-state index in [0.29, 0.717) is 11.1 Å². The Morgan fingerprint density at radius 2 is 1.43 bits per heavy atom. The molecule has 0 unspecified atom stereocenters. The molecule has 0 spiro atoms. The van der Waals surface area contributed by atoms with Crippen molar-refractivity contribution >= 4 is 17.1 Å². The molecule has 3 aliphatic carbocycles. The molecular formula is C38H41N2O2+. The van der Waals surface area contributed by atoms with Gasteiger partial charge in [-0.1, -0.05) is 60.7 Å². The number of hydrogen-bond acceptors (Lipinski definition) is 2. The summed E-state index contributed by atoms with van der Waals surface area (Å²) in [6, 6.07) is 23.5. The van der Waals surface area contributed by atoms with Crippen molar-refractivity contribution in [2.75, 3.05) is 6.54 Å². The molecule has 1 saturated carbocycles. The highest BCUT2D eigenvalue weighted by Gasteiger charge is 2.45. The molecule has 1 fully saturated rings. The summed E-state index contributed by atoms with van der Waals surface area (Å²) >= 11 is 0. The maximum atomic E-state index is 14.0. The van der Waals surface area contributed by atoms with Gasteiger partial charge in [0.25, 0.3) is 0 Å². The Hall–Kier alpha value is -3.92. The average molecular weight is 558 g/mol. The fourth-order valence-electron chi connectivity index (χ4n) is 7.50. The zero-order valence-corrected chi connectivity index (χ0v) is 24.6. The van der Waals surface area contributed by atoms with Crippen LogP contribution in [0.15, 0.2) is 95.4 Å². The first-order chi connectivity index (χ1) is 20.7. The highest BCUT2D eigenvalue weighted by molar-refractivity contribution is 6.39. The van der Waals surface area contributed by atoms with Crippen LogP contribution < -0.4 is 0 Å². The molecule has 214 valence electrons. The van der Waals surface area contributed by atoms with Gasteiger partial charge in [0.1, 0.15) is 17.9 Å². The van der Waals surface area contributed by atoms with Crippen molar-refractivity contribution in [1.29, 1.82) is 0 Å². The second-order valence-electron chi connectivity index (χ2n) is 12.3. The molecule has 1 aromatic heterocycles. The number of fused-ring (bicyclic) bond motifs is 2. The van der Waals surface area contributed by atoms with Crippen LogP contribution in [0.1, 0.15) is 79.4 Å². The van der Waals surface area contributed by atoms with Crippen molar-refractivity contribution in [3.8, 4) is 0 Å². The van der Waals surface area contributed by atoms with Gasteiger partial charge < -0.3 is 9.67 Å². The number of nitrogens with zero attached hydrogens (tertiary/aromatic N) is 2. The Morgan fingerprint density at radius 3 is 2.17 bits per heavy atom. The number of carbonyl (C=O) groups is 1. The highest BCUT2D eigenvalue weighted by Crippen LogP contribution is 2.43. The second-order valence-corrected chi connectivity index (χ2v) is 12.3. The lowest BCUT2D eigenvalue weighted by atomic mass is 9.84. The van der Waals surface area contributed by atoms with Crippen LogP contribution >= 0.6 is 0 Å². The summed E-state index contributed by atoms with van der Waals surface area (Å²) in [6.07, 6.45) is 15.2. The molecular weight excluding hydrogens is 516 g/mol. The van der Waals surface area contributed by atoms with Crippen molar-refractivity contribution in [2.24, 2.45) is 0 Å². The zero-order chi connectivity index (χ0) is 28.5. The largest absolute Gasteiger partial charge is 0.506 e. The van der Waals surface area contributed by atoms with Gasteiger partial charge in [-0.05, 0) is 87.0 Å². The number of aryl methyl sites for hydroxylation is 3. The molecule has 2 heterocycles. The van der Waals surface area contributed by atoms with E-state index in [1.165, 1.54) is 59.4 Å². The number of allylic oxidation sites excluding steroid dienone is 4. The van der Waals surface area contributed by atoms with E-state index in [1.54, 1.807) is 0 Å². The first-order valence-electron chi connectivity index (χ1n) is 16.1. The summed E-state index contributed by atoms with van der Waals surface area (Å²) < 4.78 is 4.73. The van der Waals surface area contributed by atoms with E-state index in [4.69, 9.17) is 0 Å². The van der Waals surface area contributed by atoms with E-state index in [-0.39, 0.29) is 11.5 Å². The molecule has 0 amide bonds. The molecule has 0 radical (unpaired) electrons. The minimum Gasteiger partial charge on any atom is -0.506 e. The van der Waals surface area contributed by atoms with Crippen LogP contribution in [0.4, 0.5) is 0 Å². The van der Waals surface area contributed by atoms with Crippen molar-refractivity contribution in [3.63, 3.8) is 0 Å². The number of benzene rings is 2. The number of ketones is 1. The highest BCUT2D eigenvalue weighted by atomic mass is 16.3. The molecule has 0 saturated heterocycles. The van der Waals surface area contributed by atoms with E-state index in [2.05, 4.69) is 81.9 Å². The summed E-state index contributed by atoms with van der Waals surface area (Å²) in [6.45, 7) is 1.73. The molecule has 1 N–H and O–H groups in total. The van der Waals surface area contributed by atoms with E-state index >= 15 is 0 Å². The molecule has 2 aromatic carbocycles. The number of rotatable bonds is 9. The lowest BCUT2D eigenvalue weighted by Gasteiger charge is -2.24. The Balaban J connectivity index is 1.20. The summed E-state index contributed by atoms with van der Waals surface area (Å²) in [4.78, 5) is 14.0. The van der Waals surface area contributed by atoms with Crippen LogP contribution in [0.25, 0.3) is 5.57 Å². The minimum atomic E-state index is 0.00538. The van der Waals surface area contributed by atoms with E-state index in [1.807, 2.05) is 0 Å². The molecule has 0 bridgehead atoms. The number of carbonyl (C=O) groups excluding carboxylic acids is 1. The summed E-state index contributed by atoms with van der Waals surface area (Å²) in [7, 11) is 0. The standard InChI is InChI=1S/C38H40N2O2/c41-37-35(33-25-29-19-7-9-21-31(29)39(33)23-11-17-27-13-3-1-4-14-27)38(42)36(37)34-26-30-20-8-10-22-32(30)40(34)24-12-18-28-15-5-2-6-16-28/h1-6,13-16,25-26H,7-12,17-24H2/p+1. The lowest BCUT2D eigenvalue weighted by molar-refractivity contribution is -0.471. The van der Waals surface area contributed by atoms with Gasteiger partial charge >= 0.3 is 0 Å². The summed E-state index contributed by atoms with van der Waals surface area (Å²) in [5.74, 6) is 0.198. The summed E-state index contributed by atoms with van der Waals surface area (Å²) in [5.41, 5.74) is 11.0. The summed E-state index contributed by atoms with van der Waals surface area (Å²) in [5, 5.41) is 11.6. The van der Waals surface area contributed by atoms with Crippen LogP contribution in [0.3, 0.4) is 0 Å². The Labute approximate surface area is 249 Å². The SMILES string of the molecule is O=C1C(c2cc3c(n2CCCc2ccccc2)CCCC3)=C(O)/C1=C1\C=C2CCCCC2=[N+]1CCCc1ccccc1. The molecule has 1 aliphatic heterocycles. The zero-order valence-electron chi connectivity index (χ0n) is 24.6. The van der Waals surface area contributed by atoms with Crippen LogP contribution in [0, 0.1) is 0 Å². The second kappa shape index (κ2) is 11.8. The third-order valence-corrected chi connectivity index (χ3v) is 9.64. The fraction of sp³-hybridized carbons (Fsp3) is 0.368. The minimum absolute atomic E-state index is 0.00538. The monoisotopic (exact) mass is 557 g/mol. The average Bonchev–Trinajstić information content (AvgIpc) is 3.56. The molecule has 7 rings (SSSR count). The number of aromatic nitrogens is 1. The molecule has 4 aliphatic rings. The first-order valence-corrected chi connectivity index (χ1v) is 16.1.